The quantitative estimate of drug-likeness (QED) is 0.562. The van der Waals surface area contributed by atoms with Gasteiger partial charge in [0.1, 0.15) is 5.75 Å². The van der Waals surface area contributed by atoms with E-state index >= 15 is 0 Å². The third kappa shape index (κ3) is 5.68. The number of rotatable bonds is 9. The van der Waals surface area contributed by atoms with Crippen LogP contribution >= 0.6 is 0 Å². The van der Waals surface area contributed by atoms with E-state index in [-0.39, 0.29) is 24.4 Å². The molecule has 3 aromatic rings. The molecule has 1 N–H and O–H groups in total. The second-order valence-corrected chi connectivity index (χ2v) is 8.83. The molecular formula is C23H23NO5S. The lowest BCUT2D eigenvalue weighted by Gasteiger charge is -2.23. The van der Waals surface area contributed by atoms with Crippen molar-refractivity contribution in [2.24, 2.45) is 0 Å². The molecule has 7 heteroatoms. The number of carbonyl (C=O) groups is 1. The minimum atomic E-state index is -3.67. The van der Waals surface area contributed by atoms with Crippen molar-refractivity contribution in [3.8, 4) is 5.75 Å². The number of ether oxygens (including phenoxy) is 1. The van der Waals surface area contributed by atoms with Crippen molar-refractivity contribution >= 4 is 16.0 Å². The first-order chi connectivity index (χ1) is 14.4. The Labute approximate surface area is 176 Å². The van der Waals surface area contributed by atoms with E-state index in [0.29, 0.717) is 11.3 Å². The second-order valence-electron chi connectivity index (χ2n) is 6.86. The highest BCUT2D eigenvalue weighted by Crippen LogP contribution is 2.20. The molecule has 3 aromatic carbocycles. The van der Waals surface area contributed by atoms with Crippen LogP contribution < -0.4 is 4.74 Å². The third-order valence-corrected chi connectivity index (χ3v) is 6.41. The third-order valence-electron chi connectivity index (χ3n) is 4.66. The summed E-state index contributed by atoms with van der Waals surface area (Å²) in [7, 11) is -2.09. The largest absolute Gasteiger partial charge is 0.497 e. The van der Waals surface area contributed by atoms with E-state index in [1.54, 1.807) is 19.2 Å². The van der Waals surface area contributed by atoms with Crippen molar-refractivity contribution in [1.82, 2.24) is 4.31 Å². The van der Waals surface area contributed by atoms with E-state index in [1.165, 1.54) is 28.6 Å². The number of benzene rings is 3. The number of sulfonamides is 1. The first-order valence-corrected chi connectivity index (χ1v) is 11.0. The zero-order valence-corrected chi connectivity index (χ0v) is 17.4. The Morgan fingerprint density at radius 2 is 1.37 bits per heavy atom. The van der Waals surface area contributed by atoms with E-state index in [0.717, 1.165) is 11.1 Å². The highest BCUT2D eigenvalue weighted by Gasteiger charge is 2.23. The summed E-state index contributed by atoms with van der Waals surface area (Å²) in [5.41, 5.74) is 2.38. The van der Waals surface area contributed by atoms with E-state index in [4.69, 9.17) is 9.84 Å². The predicted molar refractivity (Wildman–Crippen MR) is 115 cm³/mol. The van der Waals surface area contributed by atoms with Gasteiger partial charge in [0.05, 0.1) is 18.4 Å². The highest BCUT2D eigenvalue weighted by molar-refractivity contribution is 7.88. The van der Waals surface area contributed by atoms with Crippen LogP contribution in [-0.2, 0) is 28.9 Å². The number of aromatic carboxylic acids is 1. The molecule has 30 heavy (non-hydrogen) atoms. The minimum absolute atomic E-state index is 0.121. The van der Waals surface area contributed by atoms with Crippen molar-refractivity contribution in [2.75, 3.05) is 7.11 Å². The first-order valence-electron chi connectivity index (χ1n) is 9.34. The summed E-state index contributed by atoms with van der Waals surface area (Å²) >= 11 is 0. The Balaban J connectivity index is 1.85. The van der Waals surface area contributed by atoms with Crippen LogP contribution in [0.25, 0.3) is 0 Å². The minimum Gasteiger partial charge on any atom is -0.497 e. The fourth-order valence-electron chi connectivity index (χ4n) is 3.02. The average molecular weight is 426 g/mol. The van der Waals surface area contributed by atoms with Crippen molar-refractivity contribution in [2.45, 2.75) is 18.8 Å². The summed E-state index contributed by atoms with van der Waals surface area (Å²) in [5.74, 6) is -0.556. The van der Waals surface area contributed by atoms with Gasteiger partial charge >= 0.3 is 5.97 Å². The van der Waals surface area contributed by atoms with Gasteiger partial charge in [0.15, 0.2) is 0 Å². The summed E-state index contributed by atoms with van der Waals surface area (Å²) in [5, 5.41) is 9.03. The maximum Gasteiger partial charge on any atom is 0.335 e. The maximum atomic E-state index is 13.2. The fraction of sp³-hybridized carbons (Fsp3) is 0.174. The lowest BCUT2D eigenvalue weighted by atomic mass is 10.1. The van der Waals surface area contributed by atoms with Gasteiger partial charge in [-0.2, -0.15) is 4.31 Å². The molecule has 0 spiro atoms. The molecule has 0 aliphatic heterocycles. The van der Waals surface area contributed by atoms with Gasteiger partial charge in [-0.15, -0.1) is 0 Å². The summed E-state index contributed by atoms with van der Waals surface area (Å²) in [6.07, 6.45) is 0. The predicted octanol–water partition coefficient (Wildman–Crippen LogP) is 3.93. The number of hydrogen-bond donors (Lipinski definition) is 1. The van der Waals surface area contributed by atoms with Gasteiger partial charge in [-0.1, -0.05) is 54.6 Å². The van der Waals surface area contributed by atoms with E-state index in [9.17, 15) is 13.2 Å². The SMILES string of the molecule is COc1ccc(CN(Cc2ccccc2)S(=O)(=O)Cc2ccc(C(=O)O)cc2)cc1. The fourth-order valence-corrected chi connectivity index (χ4v) is 4.51. The molecule has 0 heterocycles. The number of nitrogens with zero attached hydrogens (tertiary/aromatic N) is 1. The van der Waals surface area contributed by atoms with E-state index in [2.05, 4.69) is 0 Å². The van der Waals surface area contributed by atoms with Crippen LogP contribution in [0.2, 0.25) is 0 Å². The molecule has 0 amide bonds. The van der Waals surface area contributed by atoms with Gasteiger partial charge in [0.2, 0.25) is 10.0 Å². The molecule has 0 aliphatic rings. The second kappa shape index (κ2) is 9.56. The maximum absolute atomic E-state index is 13.2. The molecule has 0 saturated heterocycles. The van der Waals surface area contributed by atoms with Crippen molar-refractivity contribution < 1.29 is 23.1 Å². The molecule has 0 unspecified atom stereocenters. The molecule has 3 rings (SSSR count). The van der Waals surface area contributed by atoms with Crippen LogP contribution in [0.3, 0.4) is 0 Å². The lowest BCUT2D eigenvalue weighted by molar-refractivity contribution is 0.0697. The molecule has 0 radical (unpaired) electrons. The number of carboxylic acids is 1. The van der Waals surface area contributed by atoms with Gasteiger partial charge in [0, 0.05) is 13.1 Å². The van der Waals surface area contributed by atoms with Gasteiger partial charge < -0.3 is 9.84 Å². The topological polar surface area (TPSA) is 83.9 Å². The lowest BCUT2D eigenvalue weighted by Crippen LogP contribution is -2.31. The highest BCUT2D eigenvalue weighted by atomic mass is 32.2. The Bertz CT molecular complexity index is 1080. The molecule has 6 nitrogen and oxygen atoms in total. The van der Waals surface area contributed by atoms with Crippen LogP contribution in [0, 0.1) is 0 Å². The summed E-state index contributed by atoms with van der Waals surface area (Å²) in [6.45, 7) is 0.455. The molecule has 156 valence electrons. The number of methoxy groups -OCH3 is 1. The summed E-state index contributed by atoms with van der Waals surface area (Å²) < 4.78 is 33.1. The zero-order chi connectivity index (χ0) is 21.6. The normalized spacial score (nSPS) is 11.4. The average Bonchev–Trinajstić information content (AvgIpc) is 2.74. The van der Waals surface area contributed by atoms with Gasteiger partial charge in [-0.3, -0.25) is 0 Å². The molecule has 0 fully saturated rings. The molecule has 0 aromatic heterocycles. The van der Waals surface area contributed by atoms with Crippen LogP contribution in [-0.4, -0.2) is 30.9 Å². The Morgan fingerprint density at radius 3 is 1.90 bits per heavy atom. The Kier molecular flexibility index (Phi) is 6.87. The van der Waals surface area contributed by atoms with E-state index in [1.807, 2.05) is 42.5 Å². The summed E-state index contributed by atoms with van der Waals surface area (Å²) in [6, 6.07) is 22.6. The van der Waals surface area contributed by atoms with Crippen LogP contribution in [0.5, 0.6) is 5.75 Å². The summed E-state index contributed by atoms with van der Waals surface area (Å²) in [4.78, 5) is 11.0. The van der Waals surface area contributed by atoms with E-state index < -0.39 is 16.0 Å². The van der Waals surface area contributed by atoms with Crippen molar-refractivity contribution in [3.05, 3.63) is 101 Å². The molecule has 0 bridgehead atoms. The molecule has 0 aliphatic carbocycles. The number of carboxylic acid groups (broad SMARTS) is 1. The van der Waals surface area contributed by atoms with Gasteiger partial charge in [-0.25, -0.2) is 13.2 Å². The monoisotopic (exact) mass is 425 g/mol. The van der Waals surface area contributed by atoms with Crippen LogP contribution in [0.4, 0.5) is 0 Å². The standard InChI is InChI=1S/C23H23NO5S/c1-29-22-13-9-19(10-14-22)16-24(15-18-5-3-2-4-6-18)30(27,28)17-20-7-11-21(12-8-20)23(25)26/h2-14H,15-17H2,1H3,(H,25,26). The molecule has 0 atom stereocenters. The Morgan fingerprint density at radius 1 is 0.833 bits per heavy atom. The van der Waals surface area contributed by atoms with Crippen molar-refractivity contribution in [1.29, 1.82) is 0 Å². The molecule has 0 saturated carbocycles. The van der Waals surface area contributed by atoms with Gasteiger partial charge in [0.25, 0.3) is 0 Å². The van der Waals surface area contributed by atoms with Gasteiger partial charge in [-0.05, 0) is 41.0 Å². The molecular weight excluding hydrogens is 402 g/mol. The van der Waals surface area contributed by atoms with Crippen molar-refractivity contribution in [3.63, 3.8) is 0 Å². The Hall–Kier alpha value is -3.16. The first kappa shape index (κ1) is 21.5. The van der Waals surface area contributed by atoms with Crippen LogP contribution in [0.15, 0.2) is 78.9 Å². The smallest absolute Gasteiger partial charge is 0.335 e. The number of hydrogen-bond acceptors (Lipinski definition) is 4. The zero-order valence-electron chi connectivity index (χ0n) is 16.6. The van der Waals surface area contributed by atoms with Crippen LogP contribution in [0.1, 0.15) is 27.0 Å².